The summed E-state index contributed by atoms with van der Waals surface area (Å²) in [6.45, 7) is 2.05. The van der Waals surface area contributed by atoms with E-state index in [4.69, 9.17) is 0 Å². The highest BCUT2D eigenvalue weighted by atomic mass is 16.3. The van der Waals surface area contributed by atoms with Crippen molar-refractivity contribution in [3.63, 3.8) is 0 Å². The number of aromatic hydroxyl groups is 1. The highest BCUT2D eigenvalue weighted by molar-refractivity contribution is 6.02. The molecule has 0 heterocycles. The molecule has 0 aromatic heterocycles. The lowest BCUT2D eigenvalue weighted by atomic mass is 9.69. The van der Waals surface area contributed by atoms with Gasteiger partial charge in [-0.25, -0.2) is 0 Å². The van der Waals surface area contributed by atoms with Crippen LogP contribution in [-0.4, -0.2) is 10.9 Å². The number of phenolic OH excluding ortho intramolecular Hbond substituents is 1. The molecular weight excluding hydrogens is 248 g/mol. The Morgan fingerprint density at radius 1 is 1.15 bits per heavy atom. The molecule has 0 spiro atoms. The number of phenols is 1. The van der Waals surface area contributed by atoms with Crippen LogP contribution in [-0.2, 0) is 12.8 Å². The van der Waals surface area contributed by atoms with Crippen LogP contribution in [0.5, 0.6) is 5.75 Å². The van der Waals surface area contributed by atoms with Crippen LogP contribution in [0.3, 0.4) is 0 Å². The summed E-state index contributed by atoms with van der Waals surface area (Å²) in [5.41, 5.74) is 2.60. The number of aryl methyl sites for hydroxylation is 1. The number of rotatable bonds is 2. The molecule has 2 heteroatoms. The quantitative estimate of drug-likeness (QED) is 0.898. The molecule has 1 unspecified atom stereocenters. The Morgan fingerprint density at radius 3 is 2.65 bits per heavy atom. The zero-order valence-electron chi connectivity index (χ0n) is 11.6. The van der Waals surface area contributed by atoms with Gasteiger partial charge in [0.15, 0.2) is 5.78 Å². The summed E-state index contributed by atoms with van der Waals surface area (Å²) in [4.78, 5) is 12.8. The Hall–Kier alpha value is -2.09. The molecule has 3 rings (SSSR count). The first-order valence-electron chi connectivity index (χ1n) is 6.99. The van der Waals surface area contributed by atoms with E-state index in [0.717, 1.165) is 30.4 Å². The maximum Gasteiger partial charge on any atom is 0.169 e. The van der Waals surface area contributed by atoms with Crippen LogP contribution in [0.1, 0.15) is 34.8 Å². The summed E-state index contributed by atoms with van der Waals surface area (Å²) in [6.07, 6.45) is 2.45. The normalized spacial score (nSPS) is 21.6. The van der Waals surface area contributed by atoms with Gasteiger partial charge in [0.05, 0.1) is 0 Å². The first-order chi connectivity index (χ1) is 9.58. The molecule has 2 aromatic carbocycles. The van der Waals surface area contributed by atoms with Crippen LogP contribution < -0.4 is 0 Å². The summed E-state index contributed by atoms with van der Waals surface area (Å²) >= 11 is 0. The summed E-state index contributed by atoms with van der Waals surface area (Å²) < 4.78 is 0. The Labute approximate surface area is 119 Å². The number of carbonyl (C=O) groups excluding carboxylic acids is 1. The number of hydrogen-bond donors (Lipinski definition) is 1. The number of fused-ring (bicyclic) bond motifs is 1. The molecular formula is C18H18O2. The molecule has 1 N–H and O–H groups in total. The summed E-state index contributed by atoms with van der Waals surface area (Å²) in [7, 11) is 0. The SMILES string of the molecule is CC1(Cc2ccccc2)CCc2cc(O)ccc2C1=O. The lowest BCUT2D eigenvalue weighted by Crippen LogP contribution is -2.35. The third-order valence-corrected chi connectivity index (χ3v) is 4.26. The molecule has 0 saturated heterocycles. The number of ketones is 1. The number of Topliss-reactive ketones (excluding diaryl/α,β-unsaturated/α-hetero) is 1. The van der Waals surface area contributed by atoms with E-state index in [-0.39, 0.29) is 16.9 Å². The second-order valence-corrected chi connectivity index (χ2v) is 5.89. The summed E-state index contributed by atoms with van der Waals surface area (Å²) in [5, 5.41) is 9.53. The predicted molar refractivity (Wildman–Crippen MR) is 79.0 cm³/mol. The lowest BCUT2D eigenvalue weighted by Gasteiger charge is -2.33. The second kappa shape index (κ2) is 4.78. The lowest BCUT2D eigenvalue weighted by molar-refractivity contribution is 0.0784. The molecule has 1 aliphatic rings. The molecule has 0 fully saturated rings. The van der Waals surface area contributed by atoms with E-state index < -0.39 is 0 Å². The van der Waals surface area contributed by atoms with E-state index in [9.17, 15) is 9.90 Å². The van der Waals surface area contributed by atoms with Gasteiger partial charge in [0.2, 0.25) is 0 Å². The molecule has 1 aliphatic carbocycles. The smallest absolute Gasteiger partial charge is 0.169 e. The predicted octanol–water partition coefficient (Wildman–Crippen LogP) is 3.77. The standard InChI is InChI=1S/C18H18O2/c1-18(12-13-5-3-2-4-6-13)10-9-14-11-15(19)7-8-16(14)17(18)20/h2-8,11,19H,9-10,12H2,1H3. The van der Waals surface area contributed by atoms with Crippen LogP contribution in [0.2, 0.25) is 0 Å². The van der Waals surface area contributed by atoms with Crippen LogP contribution in [0.25, 0.3) is 0 Å². The fourth-order valence-electron chi connectivity index (χ4n) is 3.07. The fourth-order valence-corrected chi connectivity index (χ4v) is 3.07. The minimum atomic E-state index is -0.342. The number of carbonyl (C=O) groups is 1. The van der Waals surface area contributed by atoms with Crippen molar-refractivity contribution in [2.45, 2.75) is 26.2 Å². The Balaban J connectivity index is 1.93. The summed E-state index contributed by atoms with van der Waals surface area (Å²) in [6, 6.07) is 15.2. The van der Waals surface area contributed by atoms with Gasteiger partial charge in [-0.15, -0.1) is 0 Å². The zero-order valence-corrected chi connectivity index (χ0v) is 11.6. The number of benzene rings is 2. The Kier molecular flexibility index (Phi) is 3.09. The van der Waals surface area contributed by atoms with Crippen molar-refractivity contribution >= 4 is 5.78 Å². The molecule has 0 radical (unpaired) electrons. The minimum absolute atomic E-state index is 0.197. The minimum Gasteiger partial charge on any atom is -0.508 e. The van der Waals surface area contributed by atoms with Crippen molar-refractivity contribution in [2.75, 3.05) is 0 Å². The van der Waals surface area contributed by atoms with Crippen LogP contribution in [0, 0.1) is 5.41 Å². The van der Waals surface area contributed by atoms with Gasteiger partial charge in [-0.1, -0.05) is 37.3 Å². The van der Waals surface area contributed by atoms with Gasteiger partial charge in [0.1, 0.15) is 5.75 Å². The van der Waals surface area contributed by atoms with E-state index in [2.05, 4.69) is 19.1 Å². The van der Waals surface area contributed by atoms with Gasteiger partial charge in [0.25, 0.3) is 0 Å². The molecule has 20 heavy (non-hydrogen) atoms. The Morgan fingerprint density at radius 2 is 1.90 bits per heavy atom. The number of hydrogen-bond acceptors (Lipinski definition) is 2. The highest BCUT2D eigenvalue weighted by Crippen LogP contribution is 2.38. The molecule has 0 saturated carbocycles. The van der Waals surface area contributed by atoms with E-state index >= 15 is 0 Å². The van der Waals surface area contributed by atoms with Crippen molar-refractivity contribution in [3.05, 3.63) is 65.2 Å². The van der Waals surface area contributed by atoms with Gasteiger partial charge in [-0.05, 0) is 48.6 Å². The molecule has 0 amide bonds. The third kappa shape index (κ3) is 2.22. The maximum atomic E-state index is 12.8. The van der Waals surface area contributed by atoms with Gasteiger partial charge in [-0.3, -0.25) is 4.79 Å². The van der Waals surface area contributed by atoms with E-state index in [1.807, 2.05) is 18.2 Å². The molecule has 2 aromatic rings. The van der Waals surface area contributed by atoms with Gasteiger partial charge >= 0.3 is 0 Å². The molecule has 0 bridgehead atoms. The average Bonchev–Trinajstić information content (AvgIpc) is 2.45. The monoisotopic (exact) mass is 266 g/mol. The average molecular weight is 266 g/mol. The van der Waals surface area contributed by atoms with Crippen molar-refractivity contribution in [1.29, 1.82) is 0 Å². The first-order valence-corrected chi connectivity index (χ1v) is 6.99. The van der Waals surface area contributed by atoms with E-state index in [1.165, 1.54) is 5.56 Å². The van der Waals surface area contributed by atoms with Crippen molar-refractivity contribution in [1.82, 2.24) is 0 Å². The zero-order chi connectivity index (χ0) is 14.2. The van der Waals surface area contributed by atoms with Gasteiger partial charge in [-0.2, -0.15) is 0 Å². The first kappa shape index (κ1) is 12.9. The second-order valence-electron chi connectivity index (χ2n) is 5.89. The van der Waals surface area contributed by atoms with Gasteiger partial charge < -0.3 is 5.11 Å². The highest BCUT2D eigenvalue weighted by Gasteiger charge is 2.38. The van der Waals surface area contributed by atoms with E-state index in [1.54, 1.807) is 18.2 Å². The Bertz CT molecular complexity index is 646. The van der Waals surface area contributed by atoms with Crippen molar-refractivity contribution in [2.24, 2.45) is 5.41 Å². The van der Waals surface area contributed by atoms with Crippen molar-refractivity contribution in [3.8, 4) is 5.75 Å². The molecule has 102 valence electrons. The maximum absolute atomic E-state index is 12.8. The van der Waals surface area contributed by atoms with Crippen LogP contribution >= 0.6 is 0 Å². The van der Waals surface area contributed by atoms with Crippen LogP contribution in [0.4, 0.5) is 0 Å². The largest absolute Gasteiger partial charge is 0.508 e. The summed E-state index contributed by atoms with van der Waals surface area (Å²) in [5.74, 6) is 0.436. The van der Waals surface area contributed by atoms with Crippen LogP contribution in [0.15, 0.2) is 48.5 Å². The molecule has 0 aliphatic heterocycles. The topological polar surface area (TPSA) is 37.3 Å². The fraction of sp³-hybridized carbons (Fsp3) is 0.278. The van der Waals surface area contributed by atoms with E-state index in [0.29, 0.717) is 0 Å². The molecule has 2 nitrogen and oxygen atoms in total. The third-order valence-electron chi connectivity index (χ3n) is 4.26. The molecule has 1 atom stereocenters. The van der Waals surface area contributed by atoms with Gasteiger partial charge in [0, 0.05) is 11.0 Å². The van der Waals surface area contributed by atoms with Crippen molar-refractivity contribution < 1.29 is 9.90 Å².